The van der Waals surface area contributed by atoms with E-state index in [0.29, 0.717) is 11.5 Å². The lowest BCUT2D eigenvalue weighted by Crippen LogP contribution is -2.15. The van der Waals surface area contributed by atoms with Gasteiger partial charge in [-0.2, -0.15) is 0 Å². The number of benzene rings is 1. The fraction of sp³-hybridized carbons (Fsp3) is 0.429. The van der Waals surface area contributed by atoms with E-state index in [1.54, 1.807) is 32.4 Å². The number of rotatable bonds is 6. The van der Waals surface area contributed by atoms with Crippen molar-refractivity contribution in [2.45, 2.75) is 12.8 Å². The van der Waals surface area contributed by atoms with Gasteiger partial charge in [-0.25, -0.2) is 4.79 Å². The molecule has 1 rings (SSSR count). The molecule has 0 radical (unpaired) electrons. The molecular formula is C14H21NO7. The minimum atomic E-state index is -1.33. The second-order valence-corrected chi connectivity index (χ2v) is 4.13. The van der Waals surface area contributed by atoms with E-state index in [2.05, 4.69) is 5.73 Å². The Morgan fingerprint density at radius 3 is 2.27 bits per heavy atom. The number of primary amides is 1. The summed E-state index contributed by atoms with van der Waals surface area (Å²) in [4.78, 5) is 19.6. The first-order chi connectivity index (χ1) is 10.3. The van der Waals surface area contributed by atoms with Gasteiger partial charge in [0.15, 0.2) is 0 Å². The van der Waals surface area contributed by atoms with E-state index < -0.39 is 6.09 Å². The number of methoxy groups -OCH3 is 2. The van der Waals surface area contributed by atoms with Gasteiger partial charge >= 0.3 is 12.1 Å². The number of esters is 1. The van der Waals surface area contributed by atoms with Crippen LogP contribution in [0.15, 0.2) is 18.2 Å². The summed E-state index contributed by atoms with van der Waals surface area (Å²) < 4.78 is 15.3. The molecule has 124 valence electrons. The summed E-state index contributed by atoms with van der Waals surface area (Å²) in [5.41, 5.74) is 4.81. The zero-order valence-electron chi connectivity index (χ0n) is 12.7. The van der Waals surface area contributed by atoms with Crippen molar-refractivity contribution in [1.29, 1.82) is 0 Å². The molecule has 0 spiro atoms. The Labute approximate surface area is 128 Å². The van der Waals surface area contributed by atoms with Crippen molar-refractivity contribution in [2.24, 2.45) is 5.73 Å². The highest BCUT2D eigenvalue weighted by molar-refractivity contribution is 5.66. The smallest absolute Gasteiger partial charge is 0.402 e. The van der Waals surface area contributed by atoms with E-state index in [1.807, 2.05) is 0 Å². The number of nitrogens with two attached hydrogens (primary N) is 1. The summed E-state index contributed by atoms with van der Waals surface area (Å²) in [7, 11) is 3.11. The number of hydrogen-bond donors (Lipinski definition) is 3. The maximum Gasteiger partial charge on any atom is 0.402 e. The molecule has 0 saturated carbocycles. The number of hydrogen-bond acceptors (Lipinski definition) is 6. The van der Waals surface area contributed by atoms with Gasteiger partial charge in [0, 0.05) is 24.5 Å². The number of carbonyl (C=O) groups excluding carboxylic acids is 1. The monoisotopic (exact) mass is 315 g/mol. The van der Waals surface area contributed by atoms with Crippen LogP contribution in [0.25, 0.3) is 0 Å². The van der Waals surface area contributed by atoms with Crippen molar-refractivity contribution in [3.8, 4) is 11.5 Å². The van der Waals surface area contributed by atoms with Crippen molar-refractivity contribution in [3.05, 3.63) is 23.8 Å². The fourth-order valence-corrected chi connectivity index (χ4v) is 1.61. The minimum absolute atomic E-state index is 0.120. The summed E-state index contributed by atoms with van der Waals surface area (Å²) in [6.45, 7) is 1.32. The molecule has 0 bridgehead atoms. The van der Waals surface area contributed by atoms with Crippen LogP contribution >= 0.6 is 0 Å². The van der Waals surface area contributed by atoms with Gasteiger partial charge < -0.3 is 30.2 Å². The van der Waals surface area contributed by atoms with E-state index >= 15 is 0 Å². The van der Waals surface area contributed by atoms with Crippen molar-refractivity contribution >= 4 is 12.1 Å². The molecule has 0 saturated heterocycles. The SMILES string of the molecule is COc1ccc([C@@H](CO)COC(C)=O)c(OC)c1.NC(=O)O. The molecule has 22 heavy (non-hydrogen) atoms. The number of aliphatic hydroxyl groups excluding tert-OH is 1. The molecule has 0 heterocycles. The lowest BCUT2D eigenvalue weighted by Gasteiger charge is -2.18. The summed E-state index contributed by atoms with van der Waals surface area (Å²) in [5, 5.41) is 16.6. The second-order valence-electron chi connectivity index (χ2n) is 4.13. The van der Waals surface area contributed by atoms with Crippen LogP contribution in [0.3, 0.4) is 0 Å². The maximum atomic E-state index is 10.8. The molecular weight excluding hydrogens is 294 g/mol. The molecule has 0 aliphatic carbocycles. The molecule has 8 nitrogen and oxygen atoms in total. The van der Waals surface area contributed by atoms with E-state index in [1.165, 1.54) is 6.92 Å². The molecule has 1 aromatic rings. The number of aliphatic hydroxyl groups is 1. The number of carboxylic acid groups (broad SMARTS) is 1. The summed E-state index contributed by atoms with van der Waals surface area (Å²) in [6.07, 6.45) is -1.33. The average molecular weight is 315 g/mol. The third-order valence-corrected chi connectivity index (χ3v) is 2.59. The van der Waals surface area contributed by atoms with Crippen molar-refractivity contribution < 1.29 is 34.0 Å². The lowest BCUT2D eigenvalue weighted by atomic mass is 9.99. The van der Waals surface area contributed by atoms with E-state index in [-0.39, 0.29) is 25.1 Å². The highest BCUT2D eigenvalue weighted by Crippen LogP contribution is 2.30. The zero-order chi connectivity index (χ0) is 17.1. The van der Waals surface area contributed by atoms with Gasteiger partial charge in [0.2, 0.25) is 0 Å². The fourth-order valence-electron chi connectivity index (χ4n) is 1.61. The molecule has 8 heteroatoms. The Kier molecular flexibility index (Phi) is 9.12. The number of amides is 1. The van der Waals surface area contributed by atoms with Crippen LogP contribution in [0.2, 0.25) is 0 Å². The lowest BCUT2D eigenvalue weighted by molar-refractivity contribution is -0.141. The average Bonchev–Trinajstić information content (AvgIpc) is 2.47. The molecule has 0 aliphatic rings. The third-order valence-electron chi connectivity index (χ3n) is 2.59. The topological polar surface area (TPSA) is 128 Å². The molecule has 0 unspecified atom stereocenters. The molecule has 0 aromatic heterocycles. The maximum absolute atomic E-state index is 10.8. The summed E-state index contributed by atoms with van der Waals surface area (Å²) >= 11 is 0. The first kappa shape index (κ1) is 19.5. The van der Waals surface area contributed by atoms with Gasteiger partial charge in [0.05, 0.1) is 20.8 Å². The van der Waals surface area contributed by atoms with Crippen LogP contribution in [0.5, 0.6) is 11.5 Å². The van der Waals surface area contributed by atoms with Gasteiger partial charge in [-0.05, 0) is 6.07 Å². The van der Waals surface area contributed by atoms with Crippen LogP contribution in [0.4, 0.5) is 4.79 Å². The van der Waals surface area contributed by atoms with Gasteiger partial charge in [-0.15, -0.1) is 0 Å². The van der Waals surface area contributed by atoms with Crippen LogP contribution in [-0.4, -0.2) is 49.7 Å². The highest BCUT2D eigenvalue weighted by atomic mass is 16.5. The Morgan fingerprint density at radius 2 is 1.86 bits per heavy atom. The molecule has 1 amide bonds. The van der Waals surface area contributed by atoms with Gasteiger partial charge in [0.1, 0.15) is 18.1 Å². The van der Waals surface area contributed by atoms with Crippen LogP contribution in [0, 0.1) is 0 Å². The first-order valence-electron chi connectivity index (χ1n) is 6.30. The van der Waals surface area contributed by atoms with Crippen molar-refractivity contribution in [2.75, 3.05) is 27.4 Å². The Bertz CT molecular complexity index is 486. The third kappa shape index (κ3) is 7.34. The molecule has 0 aliphatic heterocycles. The Morgan fingerprint density at radius 1 is 1.27 bits per heavy atom. The van der Waals surface area contributed by atoms with Gasteiger partial charge in [0.25, 0.3) is 0 Å². The number of carbonyl (C=O) groups is 2. The quantitative estimate of drug-likeness (QED) is 0.667. The Balaban J connectivity index is 0.000000980. The van der Waals surface area contributed by atoms with Gasteiger partial charge in [-0.3, -0.25) is 4.79 Å². The summed E-state index contributed by atoms with van der Waals surface area (Å²) in [5.74, 6) is 0.580. The van der Waals surface area contributed by atoms with Crippen LogP contribution in [-0.2, 0) is 9.53 Å². The molecule has 1 atom stereocenters. The highest BCUT2D eigenvalue weighted by Gasteiger charge is 2.17. The first-order valence-corrected chi connectivity index (χ1v) is 6.30. The standard InChI is InChI=1S/C13H18O5.CH3NO2/c1-9(15)18-8-10(7-14)12-5-4-11(16-2)6-13(12)17-3;2-1(3)4/h4-6,10,14H,7-8H2,1-3H3;2H2,(H,3,4)/t10-;/m0./s1. The minimum Gasteiger partial charge on any atom is -0.497 e. The van der Waals surface area contributed by atoms with Crippen LogP contribution in [0.1, 0.15) is 18.4 Å². The van der Waals surface area contributed by atoms with Gasteiger partial charge in [-0.1, -0.05) is 6.07 Å². The van der Waals surface area contributed by atoms with Crippen LogP contribution < -0.4 is 15.2 Å². The van der Waals surface area contributed by atoms with Crippen molar-refractivity contribution in [1.82, 2.24) is 0 Å². The Hall–Kier alpha value is -2.48. The molecule has 4 N–H and O–H groups in total. The van der Waals surface area contributed by atoms with E-state index in [0.717, 1.165) is 5.56 Å². The predicted molar refractivity (Wildman–Crippen MR) is 78.2 cm³/mol. The van der Waals surface area contributed by atoms with E-state index in [4.69, 9.17) is 24.1 Å². The van der Waals surface area contributed by atoms with Crippen molar-refractivity contribution in [3.63, 3.8) is 0 Å². The normalized spacial score (nSPS) is 10.7. The second kappa shape index (κ2) is 10.3. The molecule has 0 fully saturated rings. The van der Waals surface area contributed by atoms with E-state index in [9.17, 15) is 9.90 Å². The molecule has 1 aromatic carbocycles. The number of ether oxygens (including phenoxy) is 3. The summed E-state index contributed by atoms with van der Waals surface area (Å²) in [6, 6.07) is 5.29. The zero-order valence-corrected chi connectivity index (χ0v) is 12.7. The largest absolute Gasteiger partial charge is 0.497 e. The predicted octanol–water partition coefficient (Wildman–Crippen LogP) is 0.966.